The Balaban J connectivity index is 1.93. The molecule has 1 aromatic heterocycles. The molecule has 0 atom stereocenters. The van der Waals surface area contributed by atoms with E-state index in [-0.39, 0.29) is 0 Å². The highest BCUT2D eigenvalue weighted by atomic mass is 35.5. The molecule has 0 radical (unpaired) electrons. The van der Waals surface area contributed by atoms with E-state index in [1.807, 2.05) is 36.4 Å². The third-order valence-electron chi connectivity index (χ3n) is 3.55. The number of carboxylic acid groups (broad SMARTS) is 1. The third-order valence-corrected chi connectivity index (χ3v) is 3.80. The average Bonchev–Trinajstić information content (AvgIpc) is 3.05. The molecular formula is C17H14ClN3O2. The Morgan fingerprint density at radius 3 is 2.57 bits per heavy atom. The molecule has 3 rings (SSSR count). The average molecular weight is 328 g/mol. The summed E-state index contributed by atoms with van der Waals surface area (Å²) in [7, 11) is 1.51. The first-order valence-electron chi connectivity index (χ1n) is 6.93. The van der Waals surface area contributed by atoms with Crippen LogP contribution in [0.5, 0.6) is 0 Å². The maximum absolute atomic E-state index is 11.1. The Hall–Kier alpha value is -2.79. The topological polar surface area (TPSA) is 69.2 Å². The van der Waals surface area contributed by atoms with Gasteiger partial charge in [-0.3, -0.25) is 10.00 Å². The fraction of sp³-hybridized carbons (Fsp3) is 0.0588. The second-order valence-electron chi connectivity index (χ2n) is 5.07. The third kappa shape index (κ3) is 3.19. The summed E-state index contributed by atoms with van der Waals surface area (Å²) < 4.78 is 0. The zero-order valence-electron chi connectivity index (χ0n) is 12.3. The Morgan fingerprint density at radius 2 is 1.87 bits per heavy atom. The van der Waals surface area contributed by atoms with Crippen molar-refractivity contribution >= 4 is 23.4 Å². The lowest BCUT2D eigenvalue weighted by atomic mass is 10.1. The minimum atomic E-state index is -1.01. The highest BCUT2D eigenvalue weighted by Gasteiger charge is 2.11. The van der Waals surface area contributed by atoms with E-state index < -0.39 is 6.09 Å². The van der Waals surface area contributed by atoms with Crippen molar-refractivity contribution in [2.45, 2.75) is 0 Å². The quantitative estimate of drug-likeness (QED) is 0.743. The lowest BCUT2D eigenvalue weighted by Gasteiger charge is -2.13. The predicted molar refractivity (Wildman–Crippen MR) is 90.9 cm³/mol. The Labute approximate surface area is 138 Å². The molecule has 2 N–H and O–H groups in total. The summed E-state index contributed by atoms with van der Waals surface area (Å²) in [6.45, 7) is 0. The number of H-pyrrole nitrogens is 1. The maximum atomic E-state index is 11.1. The number of benzene rings is 2. The summed E-state index contributed by atoms with van der Waals surface area (Å²) in [5.41, 5.74) is 4.02. The smallest absolute Gasteiger partial charge is 0.411 e. The summed E-state index contributed by atoms with van der Waals surface area (Å²) in [6.07, 6.45) is -1.01. The molecule has 23 heavy (non-hydrogen) atoms. The first kappa shape index (κ1) is 15.1. The molecule has 0 aliphatic rings. The van der Waals surface area contributed by atoms with Crippen LogP contribution in [0.3, 0.4) is 0 Å². The van der Waals surface area contributed by atoms with Gasteiger partial charge in [-0.25, -0.2) is 4.79 Å². The van der Waals surface area contributed by atoms with Crippen molar-refractivity contribution in [1.82, 2.24) is 10.2 Å². The predicted octanol–water partition coefficient (Wildman–Crippen LogP) is 4.51. The molecule has 0 unspecified atom stereocenters. The number of amides is 1. The van der Waals surface area contributed by atoms with Gasteiger partial charge >= 0.3 is 6.09 Å². The number of rotatable bonds is 3. The molecule has 0 aliphatic heterocycles. The molecule has 0 fully saturated rings. The molecule has 0 aliphatic carbocycles. The van der Waals surface area contributed by atoms with E-state index in [2.05, 4.69) is 10.2 Å². The zero-order chi connectivity index (χ0) is 16.4. The normalized spacial score (nSPS) is 10.5. The van der Waals surface area contributed by atoms with Gasteiger partial charge in [0.05, 0.1) is 11.4 Å². The van der Waals surface area contributed by atoms with Crippen molar-refractivity contribution in [1.29, 1.82) is 0 Å². The van der Waals surface area contributed by atoms with Gasteiger partial charge in [-0.05, 0) is 35.9 Å². The van der Waals surface area contributed by atoms with E-state index >= 15 is 0 Å². The number of halogens is 1. The summed E-state index contributed by atoms with van der Waals surface area (Å²) in [4.78, 5) is 12.2. The van der Waals surface area contributed by atoms with Gasteiger partial charge in [0.25, 0.3) is 0 Å². The van der Waals surface area contributed by atoms with Crippen LogP contribution >= 0.6 is 11.6 Å². The highest BCUT2D eigenvalue weighted by Crippen LogP contribution is 2.27. The molecule has 6 heteroatoms. The van der Waals surface area contributed by atoms with Crippen molar-refractivity contribution in [3.63, 3.8) is 0 Å². The number of nitrogens with zero attached hydrogens (tertiary/aromatic N) is 2. The summed E-state index contributed by atoms with van der Waals surface area (Å²) in [6, 6.07) is 16.6. The summed E-state index contributed by atoms with van der Waals surface area (Å²) >= 11 is 5.89. The number of hydrogen-bond acceptors (Lipinski definition) is 2. The van der Waals surface area contributed by atoms with Crippen LogP contribution in [0.2, 0.25) is 5.02 Å². The first-order valence-corrected chi connectivity index (χ1v) is 7.31. The van der Waals surface area contributed by atoms with E-state index in [4.69, 9.17) is 16.7 Å². The van der Waals surface area contributed by atoms with Crippen LogP contribution in [0.1, 0.15) is 0 Å². The van der Waals surface area contributed by atoms with Crippen molar-refractivity contribution in [3.8, 4) is 22.5 Å². The van der Waals surface area contributed by atoms with E-state index in [1.165, 1.54) is 7.05 Å². The van der Waals surface area contributed by atoms with Crippen molar-refractivity contribution in [2.24, 2.45) is 0 Å². The van der Waals surface area contributed by atoms with Gasteiger partial charge in [-0.1, -0.05) is 35.9 Å². The maximum Gasteiger partial charge on any atom is 0.411 e. The molecular weight excluding hydrogens is 314 g/mol. The van der Waals surface area contributed by atoms with Crippen molar-refractivity contribution in [2.75, 3.05) is 11.9 Å². The number of nitrogens with one attached hydrogen (secondary N) is 1. The molecule has 1 amide bonds. The molecule has 0 saturated carbocycles. The van der Waals surface area contributed by atoms with Gasteiger partial charge in [-0.15, -0.1) is 0 Å². The second kappa shape index (κ2) is 6.14. The van der Waals surface area contributed by atoms with E-state index in [0.29, 0.717) is 10.7 Å². The Morgan fingerprint density at radius 1 is 1.13 bits per heavy atom. The number of aromatic amines is 1. The monoisotopic (exact) mass is 327 g/mol. The Kier molecular flexibility index (Phi) is 4.04. The number of hydrogen-bond donors (Lipinski definition) is 2. The molecule has 5 nitrogen and oxygen atoms in total. The van der Waals surface area contributed by atoms with Gasteiger partial charge in [0, 0.05) is 23.3 Å². The van der Waals surface area contributed by atoms with Crippen LogP contribution in [-0.2, 0) is 0 Å². The van der Waals surface area contributed by atoms with Crippen LogP contribution in [-0.4, -0.2) is 28.4 Å². The number of carbonyl (C=O) groups is 1. The van der Waals surface area contributed by atoms with Crippen LogP contribution in [0.15, 0.2) is 54.6 Å². The molecule has 116 valence electrons. The fourth-order valence-corrected chi connectivity index (χ4v) is 2.36. The van der Waals surface area contributed by atoms with Crippen LogP contribution in [0.4, 0.5) is 10.5 Å². The molecule has 2 aromatic carbocycles. The highest BCUT2D eigenvalue weighted by molar-refractivity contribution is 6.30. The zero-order valence-corrected chi connectivity index (χ0v) is 13.1. The summed E-state index contributed by atoms with van der Waals surface area (Å²) in [5.74, 6) is 0. The lowest BCUT2D eigenvalue weighted by Crippen LogP contribution is -2.23. The van der Waals surface area contributed by atoms with E-state index in [0.717, 1.165) is 27.4 Å². The van der Waals surface area contributed by atoms with Gasteiger partial charge in [0.2, 0.25) is 0 Å². The fourth-order valence-electron chi connectivity index (χ4n) is 2.23. The van der Waals surface area contributed by atoms with Crippen LogP contribution in [0, 0.1) is 0 Å². The standard InChI is InChI=1S/C17H14ClN3O2/c1-21(17(22)23)14-4-2-3-12(9-14)16-10-15(19-20-16)11-5-7-13(18)8-6-11/h2-10H,1H3,(H,19,20)(H,22,23). The molecule has 0 saturated heterocycles. The van der Waals surface area contributed by atoms with Gasteiger partial charge in [-0.2, -0.15) is 5.10 Å². The van der Waals surface area contributed by atoms with E-state index in [1.54, 1.807) is 18.2 Å². The van der Waals surface area contributed by atoms with Gasteiger partial charge < -0.3 is 5.11 Å². The number of aromatic nitrogens is 2. The van der Waals surface area contributed by atoms with Gasteiger partial charge in [0.15, 0.2) is 0 Å². The van der Waals surface area contributed by atoms with Gasteiger partial charge in [0.1, 0.15) is 0 Å². The van der Waals surface area contributed by atoms with Crippen LogP contribution in [0.25, 0.3) is 22.5 Å². The van der Waals surface area contributed by atoms with Crippen molar-refractivity contribution in [3.05, 3.63) is 59.6 Å². The molecule has 3 aromatic rings. The molecule has 0 spiro atoms. The second-order valence-corrected chi connectivity index (χ2v) is 5.50. The molecule has 1 heterocycles. The van der Waals surface area contributed by atoms with Crippen molar-refractivity contribution < 1.29 is 9.90 Å². The summed E-state index contributed by atoms with van der Waals surface area (Å²) in [5, 5.41) is 17.0. The largest absolute Gasteiger partial charge is 0.465 e. The number of anilines is 1. The van der Waals surface area contributed by atoms with Crippen LogP contribution < -0.4 is 4.90 Å². The minimum absolute atomic E-state index is 0.589. The van der Waals surface area contributed by atoms with E-state index in [9.17, 15) is 4.79 Å². The minimum Gasteiger partial charge on any atom is -0.465 e. The lowest BCUT2D eigenvalue weighted by molar-refractivity contribution is 0.203. The Bertz CT molecular complexity index is 843. The SMILES string of the molecule is CN(C(=O)O)c1cccc(-c2cc(-c3ccc(Cl)cc3)[nH]n2)c1. The first-order chi connectivity index (χ1) is 11.0. The molecule has 0 bridgehead atoms.